The zero-order chi connectivity index (χ0) is 10.9. The van der Waals surface area contributed by atoms with Crippen molar-refractivity contribution in [1.82, 2.24) is 0 Å². The summed E-state index contributed by atoms with van der Waals surface area (Å²) in [5.74, 6) is 0. The number of hydrogen-bond donors (Lipinski definition) is 1. The molecule has 0 aliphatic heterocycles. The number of hydrogen-bond acceptors (Lipinski definition) is 1. The largest absolute Gasteiger partial charge is 0.324 e. The normalized spacial score (nSPS) is 14.1. The highest BCUT2D eigenvalue weighted by atomic mass is 79.9. The van der Waals surface area contributed by atoms with Gasteiger partial charge in [0.05, 0.1) is 0 Å². The molecule has 0 bridgehead atoms. The monoisotopic (exact) mass is 255 g/mol. The third-order valence-electron chi connectivity index (χ3n) is 2.49. The van der Waals surface area contributed by atoms with Crippen molar-refractivity contribution in [3.8, 4) is 0 Å². The first-order valence-electron chi connectivity index (χ1n) is 4.84. The van der Waals surface area contributed by atoms with Crippen molar-refractivity contribution < 1.29 is 0 Å². The first kappa shape index (κ1) is 11.7. The molecule has 1 aromatic carbocycles. The fraction of sp³-hybridized carbons (Fsp3) is 0.500. The first-order valence-corrected chi connectivity index (χ1v) is 5.63. The van der Waals surface area contributed by atoms with Crippen molar-refractivity contribution >= 4 is 15.9 Å². The lowest BCUT2D eigenvalue weighted by Crippen LogP contribution is -2.26. The minimum absolute atomic E-state index is 0.0828. The van der Waals surface area contributed by atoms with Crippen LogP contribution in [0, 0.1) is 12.3 Å². The SMILES string of the molecule is Cc1ccc([C@H](N)C(C)(C)C)cc1Br. The van der Waals surface area contributed by atoms with Crippen LogP contribution in [0.5, 0.6) is 0 Å². The van der Waals surface area contributed by atoms with Gasteiger partial charge in [-0.05, 0) is 29.5 Å². The van der Waals surface area contributed by atoms with Crippen LogP contribution in [0.25, 0.3) is 0 Å². The van der Waals surface area contributed by atoms with E-state index in [-0.39, 0.29) is 11.5 Å². The molecule has 2 heteroatoms. The Bertz CT molecular complexity index is 326. The Morgan fingerprint density at radius 2 is 1.86 bits per heavy atom. The Labute approximate surface area is 94.8 Å². The van der Waals surface area contributed by atoms with E-state index in [2.05, 4.69) is 61.8 Å². The molecular formula is C12H18BrN. The van der Waals surface area contributed by atoms with Crippen LogP contribution in [0.1, 0.15) is 37.9 Å². The van der Waals surface area contributed by atoms with Gasteiger partial charge in [0.2, 0.25) is 0 Å². The van der Waals surface area contributed by atoms with E-state index in [4.69, 9.17) is 5.73 Å². The summed E-state index contributed by atoms with van der Waals surface area (Å²) < 4.78 is 1.13. The topological polar surface area (TPSA) is 26.0 Å². The van der Waals surface area contributed by atoms with Gasteiger partial charge in [0.1, 0.15) is 0 Å². The molecule has 1 aromatic rings. The third-order valence-corrected chi connectivity index (χ3v) is 3.34. The standard InChI is InChI=1S/C12H18BrN/c1-8-5-6-9(7-10(8)13)11(14)12(2,3)4/h5-7,11H,14H2,1-4H3/t11-/m0/s1. The summed E-state index contributed by atoms with van der Waals surface area (Å²) in [6.07, 6.45) is 0. The summed E-state index contributed by atoms with van der Waals surface area (Å²) in [6.45, 7) is 8.55. The summed E-state index contributed by atoms with van der Waals surface area (Å²) in [4.78, 5) is 0. The lowest BCUT2D eigenvalue weighted by atomic mass is 9.83. The van der Waals surface area contributed by atoms with Gasteiger partial charge in [0, 0.05) is 10.5 Å². The van der Waals surface area contributed by atoms with Gasteiger partial charge in [-0.2, -0.15) is 0 Å². The molecule has 0 spiro atoms. The molecule has 0 saturated carbocycles. The minimum atomic E-state index is 0.0828. The molecule has 1 nitrogen and oxygen atoms in total. The number of aryl methyl sites for hydroxylation is 1. The van der Waals surface area contributed by atoms with E-state index in [1.165, 1.54) is 11.1 Å². The maximum absolute atomic E-state index is 6.17. The lowest BCUT2D eigenvalue weighted by molar-refractivity contribution is 0.327. The molecular weight excluding hydrogens is 238 g/mol. The van der Waals surface area contributed by atoms with Crippen LogP contribution >= 0.6 is 15.9 Å². The van der Waals surface area contributed by atoms with Gasteiger partial charge >= 0.3 is 0 Å². The van der Waals surface area contributed by atoms with Gasteiger partial charge in [0.25, 0.3) is 0 Å². The van der Waals surface area contributed by atoms with Crippen LogP contribution in [0.4, 0.5) is 0 Å². The van der Waals surface area contributed by atoms with Gasteiger partial charge in [-0.3, -0.25) is 0 Å². The number of halogens is 1. The molecule has 14 heavy (non-hydrogen) atoms. The predicted octanol–water partition coefficient (Wildman–Crippen LogP) is 3.80. The van der Waals surface area contributed by atoms with Crippen LogP contribution in [0.2, 0.25) is 0 Å². The van der Waals surface area contributed by atoms with E-state index in [9.17, 15) is 0 Å². The third kappa shape index (κ3) is 2.58. The molecule has 0 heterocycles. The van der Waals surface area contributed by atoms with Crippen LogP contribution in [0.3, 0.4) is 0 Å². The molecule has 0 aliphatic carbocycles. The van der Waals surface area contributed by atoms with Gasteiger partial charge in [-0.15, -0.1) is 0 Å². The molecule has 1 rings (SSSR count). The quantitative estimate of drug-likeness (QED) is 0.812. The molecule has 78 valence electrons. The molecule has 0 amide bonds. The Morgan fingerprint density at radius 3 is 2.29 bits per heavy atom. The van der Waals surface area contributed by atoms with E-state index in [1.54, 1.807) is 0 Å². The second kappa shape index (κ2) is 4.03. The summed E-state index contributed by atoms with van der Waals surface area (Å²) in [5.41, 5.74) is 8.71. The molecule has 0 aromatic heterocycles. The molecule has 0 unspecified atom stereocenters. The van der Waals surface area contributed by atoms with E-state index in [0.29, 0.717) is 0 Å². The summed E-state index contributed by atoms with van der Waals surface area (Å²) >= 11 is 3.53. The average molecular weight is 256 g/mol. The average Bonchev–Trinajstić information content (AvgIpc) is 2.07. The van der Waals surface area contributed by atoms with Crippen molar-refractivity contribution in [2.75, 3.05) is 0 Å². The van der Waals surface area contributed by atoms with Crippen LogP contribution < -0.4 is 5.73 Å². The second-order valence-corrected chi connectivity index (χ2v) is 5.71. The zero-order valence-electron chi connectivity index (χ0n) is 9.26. The van der Waals surface area contributed by atoms with E-state index < -0.39 is 0 Å². The van der Waals surface area contributed by atoms with Gasteiger partial charge < -0.3 is 5.73 Å². The molecule has 0 fully saturated rings. The Balaban J connectivity index is 3.03. The van der Waals surface area contributed by atoms with E-state index in [0.717, 1.165) is 4.47 Å². The Morgan fingerprint density at radius 1 is 1.29 bits per heavy atom. The Hall–Kier alpha value is -0.340. The van der Waals surface area contributed by atoms with Crippen molar-refractivity contribution in [3.63, 3.8) is 0 Å². The smallest absolute Gasteiger partial charge is 0.0344 e. The predicted molar refractivity (Wildman–Crippen MR) is 65.3 cm³/mol. The highest BCUT2D eigenvalue weighted by molar-refractivity contribution is 9.10. The fourth-order valence-electron chi connectivity index (χ4n) is 1.30. The van der Waals surface area contributed by atoms with Crippen LogP contribution in [-0.4, -0.2) is 0 Å². The molecule has 0 saturated heterocycles. The molecule has 1 atom stereocenters. The van der Waals surface area contributed by atoms with Crippen molar-refractivity contribution in [2.24, 2.45) is 11.1 Å². The fourth-order valence-corrected chi connectivity index (χ4v) is 1.70. The summed E-state index contributed by atoms with van der Waals surface area (Å²) in [7, 11) is 0. The lowest BCUT2D eigenvalue weighted by Gasteiger charge is -2.27. The van der Waals surface area contributed by atoms with E-state index in [1.807, 2.05) is 0 Å². The molecule has 0 aliphatic rings. The summed E-state index contributed by atoms with van der Waals surface area (Å²) in [5, 5.41) is 0. The van der Waals surface area contributed by atoms with Gasteiger partial charge in [-0.1, -0.05) is 48.8 Å². The van der Waals surface area contributed by atoms with Crippen LogP contribution in [-0.2, 0) is 0 Å². The summed E-state index contributed by atoms with van der Waals surface area (Å²) in [6, 6.07) is 6.41. The second-order valence-electron chi connectivity index (χ2n) is 4.85. The highest BCUT2D eigenvalue weighted by Crippen LogP contribution is 2.32. The minimum Gasteiger partial charge on any atom is -0.324 e. The number of nitrogens with two attached hydrogens (primary N) is 1. The molecule has 2 N–H and O–H groups in total. The van der Waals surface area contributed by atoms with Gasteiger partial charge in [-0.25, -0.2) is 0 Å². The highest BCUT2D eigenvalue weighted by Gasteiger charge is 2.22. The molecule has 0 radical (unpaired) electrons. The van der Waals surface area contributed by atoms with Crippen LogP contribution in [0.15, 0.2) is 22.7 Å². The van der Waals surface area contributed by atoms with Crippen molar-refractivity contribution in [2.45, 2.75) is 33.7 Å². The zero-order valence-corrected chi connectivity index (χ0v) is 10.9. The maximum atomic E-state index is 6.17. The number of benzene rings is 1. The van der Waals surface area contributed by atoms with Crippen molar-refractivity contribution in [3.05, 3.63) is 33.8 Å². The number of rotatable bonds is 1. The van der Waals surface area contributed by atoms with Crippen molar-refractivity contribution in [1.29, 1.82) is 0 Å². The van der Waals surface area contributed by atoms with Gasteiger partial charge in [0.15, 0.2) is 0 Å². The first-order chi connectivity index (χ1) is 6.32. The Kier molecular flexibility index (Phi) is 3.38. The maximum Gasteiger partial charge on any atom is 0.0344 e. The van der Waals surface area contributed by atoms with E-state index >= 15 is 0 Å².